The van der Waals surface area contributed by atoms with E-state index in [0.717, 1.165) is 6.92 Å². The molecule has 0 spiro atoms. The van der Waals surface area contributed by atoms with Crippen LogP contribution in [0.1, 0.15) is 6.92 Å². The Hall–Kier alpha value is -1.59. The van der Waals surface area contributed by atoms with E-state index in [0.29, 0.717) is 0 Å². The fourth-order valence-corrected chi connectivity index (χ4v) is 0.364. The largest absolute Gasteiger partial charge is 0.368 e. The Balaban J connectivity index is 4.99. The molecule has 6 N–H and O–H groups in total. The van der Waals surface area contributed by atoms with Crippen LogP contribution in [0, 0.1) is 5.41 Å². The number of carbonyl (C=O) groups excluding carboxylic acids is 3. The minimum absolute atomic E-state index is 0.986. The van der Waals surface area contributed by atoms with E-state index < -0.39 is 23.1 Å². The summed E-state index contributed by atoms with van der Waals surface area (Å²) in [4.78, 5) is 31.6. The van der Waals surface area contributed by atoms with Gasteiger partial charge in [0, 0.05) is 0 Å². The molecule has 62 valence electrons. The number of rotatable bonds is 3. The number of amides is 3. The molecule has 0 aromatic carbocycles. The van der Waals surface area contributed by atoms with Gasteiger partial charge in [0.1, 0.15) is 0 Å². The third-order valence-electron chi connectivity index (χ3n) is 1.48. The zero-order chi connectivity index (χ0) is 9.23. The number of carbonyl (C=O) groups is 3. The van der Waals surface area contributed by atoms with Crippen molar-refractivity contribution in [2.75, 3.05) is 0 Å². The summed E-state index contributed by atoms with van der Waals surface area (Å²) in [7, 11) is 0. The zero-order valence-electron chi connectivity index (χ0n) is 5.96. The molecule has 0 aliphatic carbocycles. The lowest BCUT2D eigenvalue weighted by Gasteiger charge is -2.16. The summed E-state index contributed by atoms with van der Waals surface area (Å²) in [5.74, 6) is -3.42. The molecule has 0 bridgehead atoms. The molecule has 6 nitrogen and oxygen atoms in total. The molecule has 6 heteroatoms. The fourth-order valence-electron chi connectivity index (χ4n) is 0.364. The first-order valence-corrected chi connectivity index (χ1v) is 2.73. The predicted molar refractivity (Wildman–Crippen MR) is 35.7 cm³/mol. The maximum absolute atomic E-state index is 10.5. The van der Waals surface area contributed by atoms with Crippen molar-refractivity contribution in [1.82, 2.24) is 0 Å². The van der Waals surface area contributed by atoms with E-state index in [-0.39, 0.29) is 0 Å². The Labute approximate surface area is 62.7 Å². The fraction of sp³-hybridized carbons (Fsp3) is 0.400. The van der Waals surface area contributed by atoms with Gasteiger partial charge in [-0.2, -0.15) is 0 Å². The van der Waals surface area contributed by atoms with Crippen LogP contribution in [0.3, 0.4) is 0 Å². The van der Waals surface area contributed by atoms with Gasteiger partial charge in [-0.1, -0.05) is 0 Å². The minimum Gasteiger partial charge on any atom is -0.368 e. The first kappa shape index (κ1) is 9.41. The first-order chi connectivity index (χ1) is 4.83. The van der Waals surface area contributed by atoms with Crippen LogP contribution in [0.5, 0.6) is 0 Å². The molecule has 0 atom stereocenters. The Kier molecular flexibility index (Phi) is 2.20. The summed E-state index contributed by atoms with van der Waals surface area (Å²) in [6.45, 7) is 0.986. The lowest BCUT2D eigenvalue weighted by atomic mass is 9.88. The third-order valence-corrected chi connectivity index (χ3v) is 1.48. The highest BCUT2D eigenvalue weighted by molar-refractivity contribution is 6.20. The van der Waals surface area contributed by atoms with Crippen molar-refractivity contribution in [3.05, 3.63) is 0 Å². The molecular weight excluding hydrogens is 150 g/mol. The normalized spacial score (nSPS) is 10.6. The summed E-state index contributed by atoms with van der Waals surface area (Å²) >= 11 is 0. The highest BCUT2D eigenvalue weighted by atomic mass is 16.2. The molecule has 0 saturated heterocycles. The van der Waals surface area contributed by atoms with Gasteiger partial charge in [-0.15, -0.1) is 0 Å². The summed E-state index contributed by atoms with van der Waals surface area (Å²) in [6, 6.07) is 0. The number of hydrogen-bond donors (Lipinski definition) is 3. The average molecular weight is 159 g/mol. The van der Waals surface area contributed by atoms with Gasteiger partial charge in [0.2, 0.25) is 23.1 Å². The van der Waals surface area contributed by atoms with Crippen LogP contribution < -0.4 is 17.2 Å². The molecule has 0 aromatic heterocycles. The van der Waals surface area contributed by atoms with E-state index in [1.807, 2.05) is 0 Å². The molecule has 11 heavy (non-hydrogen) atoms. The van der Waals surface area contributed by atoms with Gasteiger partial charge in [-0.25, -0.2) is 0 Å². The van der Waals surface area contributed by atoms with E-state index in [4.69, 9.17) is 17.2 Å². The minimum atomic E-state index is -2.08. The Morgan fingerprint density at radius 1 is 0.909 bits per heavy atom. The van der Waals surface area contributed by atoms with Gasteiger partial charge < -0.3 is 17.2 Å². The summed E-state index contributed by atoms with van der Waals surface area (Å²) in [6.07, 6.45) is 0. The second-order valence-corrected chi connectivity index (χ2v) is 2.22. The molecule has 0 fully saturated rings. The summed E-state index contributed by atoms with van der Waals surface area (Å²) in [5.41, 5.74) is 12.1. The average Bonchev–Trinajstić information content (AvgIpc) is 1.84. The van der Waals surface area contributed by atoms with Gasteiger partial charge in [0.05, 0.1) is 0 Å². The second-order valence-electron chi connectivity index (χ2n) is 2.22. The lowest BCUT2D eigenvalue weighted by molar-refractivity contribution is -0.146. The van der Waals surface area contributed by atoms with Crippen LogP contribution in [0.15, 0.2) is 0 Å². The molecule has 0 aliphatic rings. The molecule has 0 radical (unpaired) electrons. The summed E-state index contributed by atoms with van der Waals surface area (Å²) < 4.78 is 0. The topological polar surface area (TPSA) is 129 Å². The zero-order valence-corrected chi connectivity index (χ0v) is 5.96. The molecule has 0 aliphatic heterocycles. The molecule has 0 heterocycles. The van der Waals surface area contributed by atoms with Crippen LogP contribution in [0.4, 0.5) is 0 Å². The van der Waals surface area contributed by atoms with E-state index in [1.54, 1.807) is 0 Å². The second kappa shape index (κ2) is 2.57. The maximum atomic E-state index is 10.5. The van der Waals surface area contributed by atoms with Crippen molar-refractivity contribution in [3.63, 3.8) is 0 Å². The van der Waals surface area contributed by atoms with Crippen LogP contribution in [-0.2, 0) is 14.4 Å². The third kappa shape index (κ3) is 1.28. The molecule has 0 rings (SSSR count). The van der Waals surface area contributed by atoms with Gasteiger partial charge in [0.25, 0.3) is 0 Å². The molecule has 3 amide bonds. The Morgan fingerprint density at radius 2 is 1.09 bits per heavy atom. The van der Waals surface area contributed by atoms with Crippen LogP contribution >= 0.6 is 0 Å². The number of nitrogens with two attached hydrogens (primary N) is 3. The van der Waals surface area contributed by atoms with Gasteiger partial charge in [0.15, 0.2) is 0 Å². The smallest absolute Gasteiger partial charge is 0.242 e. The highest BCUT2D eigenvalue weighted by Crippen LogP contribution is 2.12. The van der Waals surface area contributed by atoms with Gasteiger partial charge in [-0.3, -0.25) is 14.4 Å². The molecule has 0 saturated carbocycles. The van der Waals surface area contributed by atoms with Crippen molar-refractivity contribution in [1.29, 1.82) is 0 Å². The van der Waals surface area contributed by atoms with Gasteiger partial charge >= 0.3 is 0 Å². The highest BCUT2D eigenvalue weighted by Gasteiger charge is 2.43. The van der Waals surface area contributed by atoms with Gasteiger partial charge in [-0.05, 0) is 6.92 Å². The van der Waals surface area contributed by atoms with E-state index >= 15 is 0 Å². The molecule has 0 aromatic rings. The first-order valence-electron chi connectivity index (χ1n) is 2.73. The number of primary amides is 3. The van der Waals surface area contributed by atoms with E-state index in [1.165, 1.54) is 0 Å². The lowest BCUT2D eigenvalue weighted by Crippen LogP contribution is -2.53. The van der Waals surface area contributed by atoms with Crippen LogP contribution in [0.25, 0.3) is 0 Å². The van der Waals surface area contributed by atoms with Crippen molar-refractivity contribution in [2.24, 2.45) is 22.6 Å². The van der Waals surface area contributed by atoms with E-state index in [9.17, 15) is 14.4 Å². The van der Waals surface area contributed by atoms with Crippen molar-refractivity contribution < 1.29 is 14.4 Å². The van der Waals surface area contributed by atoms with Crippen molar-refractivity contribution in [3.8, 4) is 0 Å². The quantitative estimate of drug-likeness (QED) is 0.392. The standard InChI is InChI=1S/C5H9N3O3/c1-5(2(6)9,3(7)10)4(8)11/h1H3,(H2,6,9)(H2,7,10)(H2,8,11). The SMILES string of the molecule is CC(C(N)=O)(C(N)=O)C(N)=O. The molecule has 0 unspecified atom stereocenters. The Morgan fingerprint density at radius 3 is 1.09 bits per heavy atom. The van der Waals surface area contributed by atoms with Crippen LogP contribution in [-0.4, -0.2) is 17.7 Å². The van der Waals surface area contributed by atoms with Crippen molar-refractivity contribution >= 4 is 17.7 Å². The maximum Gasteiger partial charge on any atom is 0.242 e. The monoisotopic (exact) mass is 159 g/mol. The number of hydrogen-bond acceptors (Lipinski definition) is 3. The van der Waals surface area contributed by atoms with Crippen molar-refractivity contribution in [2.45, 2.75) is 6.92 Å². The predicted octanol–water partition coefficient (Wildman–Crippen LogP) is -2.55. The van der Waals surface area contributed by atoms with Crippen LogP contribution in [0.2, 0.25) is 0 Å². The Bertz CT molecular complexity index is 187. The molecular formula is C5H9N3O3. The van der Waals surface area contributed by atoms with E-state index in [2.05, 4.69) is 0 Å². The summed E-state index contributed by atoms with van der Waals surface area (Å²) in [5, 5.41) is 0.